The number of benzene rings is 1. The van der Waals surface area contributed by atoms with Crippen molar-refractivity contribution >= 4 is 5.78 Å². The van der Waals surface area contributed by atoms with Crippen molar-refractivity contribution in [2.75, 3.05) is 6.54 Å². The first-order chi connectivity index (χ1) is 17.2. The molecule has 1 aromatic rings. The molecule has 37 heavy (non-hydrogen) atoms. The van der Waals surface area contributed by atoms with Crippen molar-refractivity contribution in [3.8, 4) is 0 Å². The van der Waals surface area contributed by atoms with Gasteiger partial charge in [-0.05, 0) is 72.8 Å². The van der Waals surface area contributed by atoms with Gasteiger partial charge >= 0.3 is 0 Å². The van der Waals surface area contributed by atoms with E-state index in [0.29, 0.717) is 35.6 Å². The van der Waals surface area contributed by atoms with Crippen LogP contribution in [-0.2, 0) is 17.6 Å². The van der Waals surface area contributed by atoms with Crippen LogP contribution >= 0.6 is 0 Å². The van der Waals surface area contributed by atoms with Crippen molar-refractivity contribution in [1.82, 2.24) is 15.5 Å². The van der Waals surface area contributed by atoms with E-state index in [0.717, 1.165) is 37.3 Å². The van der Waals surface area contributed by atoms with E-state index in [1.165, 1.54) is 16.7 Å². The normalized spacial score (nSPS) is 25.6. The molecule has 4 nitrogen and oxygen atoms in total. The zero-order chi connectivity index (χ0) is 27.3. The highest BCUT2D eigenvalue weighted by molar-refractivity contribution is 5.75. The Morgan fingerprint density at radius 1 is 1.08 bits per heavy atom. The lowest BCUT2D eigenvalue weighted by atomic mass is 9.83. The van der Waals surface area contributed by atoms with Gasteiger partial charge < -0.3 is 20.3 Å². The van der Waals surface area contributed by atoms with Crippen LogP contribution < -0.4 is 10.6 Å². The highest BCUT2D eigenvalue weighted by Crippen LogP contribution is 2.66. The Morgan fingerprint density at radius 2 is 1.68 bits per heavy atom. The Labute approximate surface area is 225 Å². The lowest BCUT2D eigenvalue weighted by Crippen LogP contribution is -2.50. The quantitative estimate of drug-likeness (QED) is 0.350. The average Bonchev–Trinajstić information content (AvgIpc) is 3.19. The molecule has 1 saturated heterocycles. The minimum atomic E-state index is 0.00301. The molecule has 0 amide bonds. The molecule has 3 aliphatic rings. The third kappa shape index (κ3) is 5.54. The molecular formula is C33H49N3O. The number of carbonyl (C=O) groups excluding carboxylic acids is 1. The SMILES string of the molecule is C=C(NC(C(=C)N1C[C@H]2[C@@H](C1C(=C)C)C2(C)C)C1Cc2ccccc2C1)NC(CCC(C)=O)C(C)(C)C. The lowest BCUT2D eigenvalue weighted by molar-refractivity contribution is -0.117. The predicted octanol–water partition coefficient (Wildman–Crippen LogP) is 6.25. The molecule has 0 aromatic heterocycles. The number of nitrogens with one attached hydrogen (secondary N) is 2. The van der Waals surface area contributed by atoms with Crippen LogP contribution in [0.4, 0.5) is 0 Å². The molecule has 4 rings (SSSR count). The van der Waals surface area contributed by atoms with E-state index in [-0.39, 0.29) is 23.3 Å². The van der Waals surface area contributed by atoms with E-state index in [1.54, 1.807) is 6.92 Å². The Bertz CT molecular complexity index is 1050. The second kappa shape index (κ2) is 10.0. The maximum atomic E-state index is 11.7. The smallest absolute Gasteiger partial charge is 0.129 e. The summed E-state index contributed by atoms with van der Waals surface area (Å²) in [6.45, 7) is 29.9. The topological polar surface area (TPSA) is 44.4 Å². The molecule has 1 aromatic carbocycles. The number of Topliss-reactive ketones (excluding diaryl/α,β-unsaturated/α-hetero) is 1. The molecular weight excluding hydrogens is 454 g/mol. The van der Waals surface area contributed by atoms with Crippen LogP contribution in [0.1, 0.15) is 72.4 Å². The number of piperidine rings is 1. The van der Waals surface area contributed by atoms with Crippen LogP contribution in [0.5, 0.6) is 0 Å². The van der Waals surface area contributed by atoms with E-state index in [4.69, 9.17) is 6.58 Å². The highest BCUT2D eigenvalue weighted by Gasteiger charge is 2.67. The molecule has 2 aliphatic carbocycles. The maximum absolute atomic E-state index is 11.7. The monoisotopic (exact) mass is 503 g/mol. The van der Waals surface area contributed by atoms with E-state index >= 15 is 0 Å². The van der Waals surface area contributed by atoms with Crippen molar-refractivity contribution in [2.24, 2.45) is 28.6 Å². The van der Waals surface area contributed by atoms with Gasteiger partial charge in [0.15, 0.2) is 0 Å². The van der Waals surface area contributed by atoms with Gasteiger partial charge in [0.25, 0.3) is 0 Å². The number of fused-ring (bicyclic) bond motifs is 2. The van der Waals surface area contributed by atoms with Gasteiger partial charge in [-0.2, -0.15) is 0 Å². The van der Waals surface area contributed by atoms with Gasteiger partial charge in [-0.1, -0.05) is 84.2 Å². The van der Waals surface area contributed by atoms with Crippen LogP contribution in [-0.4, -0.2) is 35.4 Å². The fraction of sp³-hybridized carbons (Fsp3) is 0.606. The van der Waals surface area contributed by atoms with Crippen molar-refractivity contribution in [3.05, 3.63) is 72.2 Å². The lowest BCUT2D eigenvalue weighted by Gasteiger charge is -2.41. The molecule has 202 valence electrons. The Kier molecular flexibility index (Phi) is 7.44. The van der Waals surface area contributed by atoms with Crippen LogP contribution in [0.15, 0.2) is 61.1 Å². The molecule has 1 heterocycles. The van der Waals surface area contributed by atoms with Gasteiger partial charge in [-0.15, -0.1) is 0 Å². The first-order valence-electron chi connectivity index (χ1n) is 14.1. The van der Waals surface area contributed by atoms with Gasteiger partial charge in [0.1, 0.15) is 5.78 Å². The molecule has 4 heteroatoms. The van der Waals surface area contributed by atoms with E-state index in [2.05, 4.69) is 94.5 Å². The van der Waals surface area contributed by atoms with Crippen molar-refractivity contribution in [1.29, 1.82) is 0 Å². The van der Waals surface area contributed by atoms with Gasteiger partial charge in [-0.3, -0.25) is 0 Å². The zero-order valence-corrected chi connectivity index (χ0v) is 24.3. The minimum absolute atomic E-state index is 0.00301. The van der Waals surface area contributed by atoms with Crippen molar-refractivity contribution < 1.29 is 4.79 Å². The van der Waals surface area contributed by atoms with E-state index in [1.807, 2.05) is 0 Å². The molecule has 2 N–H and O–H groups in total. The minimum Gasteiger partial charge on any atom is -0.369 e. The number of carbonyl (C=O) groups is 1. The number of likely N-dealkylation sites (tertiary alicyclic amines) is 1. The Balaban J connectivity index is 1.55. The summed E-state index contributed by atoms with van der Waals surface area (Å²) in [6.07, 6.45) is 3.44. The van der Waals surface area contributed by atoms with Crippen LogP contribution in [0.3, 0.4) is 0 Å². The van der Waals surface area contributed by atoms with Gasteiger partial charge in [0.05, 0.1) is 17.9 Å². The number of rotatable bonds is 11. The number of hydrogen-bond acceptors (Lipinski definition) is 4. The molecule has 0 bridgehead atoms. The van der Waals surface area contributed by atoms with Crippen LogP contribution in [0.25, 0.3) is 0 Å². The fourth-order valence-electron chi connectivity index (χ4n) is 7.14. The number of hydrogen-bond donors (Lipinski definition) is 2. The summed E-state index contributed by atoms with van der Waals surface area (Å²) in [5.74, 6) is 2.81. The molecule has 3 unspecified atom stereocenters. The third-order valence-electron chi connectivity index (χ3n) is 9.50. The summed E-state index contributed by atoms with van der Waals surface area (Å²) in [5, 5.41) is 7.47. The van der Waals surface area contributed by atoms with Gasteiger partial charge in [0.2, 0.25) is 0 Å². The highest BCUT2D eigenvalue weighted by atomic mass is 16.1. The fourth-order valence-corrected chi connectivity index (χ4v) is 7.14. The summed E-state index contributed by atoms with van der Waals surface area (Å²) >= 11 is 0. The molecule has 1 saturated carbocycles. The van der Waals surface area contributed by atoms with E-state index in [9.17, 15) is 4.79 Å². The standard InChI is InChI=1S/C33H49N3O/c1-20(2)31-29-27(33(29,9)10)19-36(31)22(4)30(26-17-24-13-11-12-14-25(24)18-26)35-23(5)34-28(32(6,7)8)16-15-21(3)37/h11-14,26-31,34-35H,1,4-5,15-19H2,2-3,6-10H3/t27-,28?,29-,30?,31?/m0/s1. The molecule has 0 radical (unpaired) electrons. The van der Waals surface area contributed by atoms with Gasteiger partial charge in [-0.25, -0.2) is 0 Å². The second-order valence-corrected chi connectivity index (χ2v) is 13.7. The summed E-state index contributed by atoms with van der Waals surface area (Å²) in [4.78, 5) is 14.3. The second-order valence-electron chi connectivity index (χ2n) is 13.7. The first kappa shape index (κ1) is 27.5. The summed E-state index contributed by atoms with van der Waals surface area (Å²) < 4.78 is 0. The number of nitrogens with zero attached hydrogens (tertiary/aromatic N) is 1. The number of ketones is 1. The largest absolute Gasteiger partial charge is 0.369 e. The Hall–Kier alpha value is -2.49. The molecule has 1 aliphatic heterocycles. The summed E-state index contributed by atoms with van der Waals surface area (Å²) in [5.41, 5.74) is 5.68. The summed E-state index contributed by atoms with van der Waals surface area (Å²) in [6, 6.07) is 9.40. The predicted molar refractivity (Wildman–Crippen MR) is 155 cm³/mol. The Morgan fingerprint density at radius 3 is 2.19 bits per heavy atom. The average molecular weight is 504 g/mol. The van der Waals surface area contributed by atoms with E-state index < -0.39 is 0 Å². The van der Waals surface area contributed by atoms with Crippen molar-refractivity contribution in [3.63, 3.8) is 0 Å². The van der Waals surface area contributed by atoms with Gasteiger partial charge in [0, 0.05) is 24.7 Å². The zero-order valence-electron chi connectivity index (χ0n) is 24.3. The molecule has 0 spiro atoms. The maximum Gasteiger partial charge on any atom is 0.129 e. The summed E-state index contributed by atoms with van der Waals surface area (Å²) in [7, 11) is 0. The third-order valence-corrected chi connectivity index (χ3v) is 9.50. The van der Waals surface area contributed by atoms with Crippen LogP contribution in [0, 0.1) is 28.6 Å². The van der Waals surface area contributed by atoms with Crippen molar-refractivity contribution in [2.45, 2.75) is 92.3 Å². The molecule has 5 atom stereocenters. The first-order valence-corrected chi connectivity index (χ1v) is 14.1. The molecule has 2 fully saturated rings. The van der Waals surface area contributed by atoms with Crippen LogP contribution in [0.2, 0.25) is 0 Å².